The minimum Gasteiger partial charge on any atom is -0.359 e. The molecule has 1 N–H and O–H groups in total. The van der Waals surface area contributed by atoms with Crippen LogP contribution in [0.3, 0.4) is 0 Å². The van der Waals surface area contributed by atoms with Gasteiger partial charge in [-0.2, -0.15) is 0 Å². The Hall–Kier alpha value is -0.650. The highest BCUT2D eigenvalue weighted by molar-refractivity contribution is 5.81. The van der Waals surface area contributed by atoms with Gasteiger partial charge in [-0.25, -0.2) is 0 Å². The summed E-state index contributed by atoms with van der Waals surface area (Å²) in [6, 6.07) is 0. The van der Waals surface area contributed by atoms with E-state index in [1.807, 2.05) is 0 Å². The van der Waals surface area contributed by atoms with Crippen LogP contribution in [0.2, 0.25) is 0 Å². The topological polar surface area (TPSA) is 36.8 Å². The zero-order chi connectivity index (χ0) is 44.1. The van der Waals surface area contributed by atoms with Crippen molar-refractivity contribution in [1.82, 2.24) is 19.6 Å². The number of hydrogen-bond acceptors (Lipinski definition) is 4. The number of likely N-dealkylation sites (tertiary alicyclic amines) is 1. The first-order chi connectivity index (χ1) is 30.1. The Morgan fingerprint density at radius 1 is 0.344 bits per heavy atom. The number of rotatable bonds is 48. The molecule has 0 bridgehead atoms. The minimum atomic E-state index is 0.838. The smallest absolute Gasteiger partial charge is 0.110 e. The van der Waals surface area contributed by atoms with Gasteiger partial charge in [0.15, 0.2) is 0 Å². The predicted octanol–water partition coefficient (Wildman–Crippen LogP) is 16.7. The van der Waals surface area contributed by atoms with Crippen molar-refractivity contribution in [3.8, 4) is 0 Å². The number of amidine groups is 1. The second kappa shape index (κ2) is 45.9. The van der Waals surface area contributed by atoms with Gasteiger partial charge in [0.25, 0.3) is 0 Å². The molecule has 1 aliphatic heterocycles. The third kappa shape index (κ3) is 37.3. The molecule has 1 aliphatic rings. The normalized spacial score (nSPS) is 13.8. The molecule has 1 saturated heterocycles. The summed E-state index contributed by atoms with van der Waals surface area (Å²) in [4.78, 5) is 10.9. The van der Waals surface area contributed by atoms with Crippen LogP contribution in [-0.4, -0.2) is 97.4 Å². The maximum Gasteiger partial charge on any atom is 0.110 e. The summed E-state index contributed by atoms with van der Waals surface area (Å²) in [6.07, 6.45) is 52.8. The Morgan fingerprint density at radius 2 is 0.607 bits per heavy atom. The van der Waals surface area contributed by atoms with Crippen LogP contribution < -0.4 is 0 Å². The van der Waals surface area contributed by atoms with Crippen LogP contribution in [0.1, 0.15) is 279 Å². The number of piperidine rings is 1. The second-order valence-corrected chi connectivity index (χ2v) is 20.2. The van der Waals surface area contributed by atoms with Crippen molar-refractivity contribution in [1.29, 1.82) is 5.41 Å². The fraction of sp³-hybridized carbons (Fsp3) is 0.982. The van der Waals surface area contributed by atoms with Gasteiger partial charge in [-0.3, -0.25) is 10.3 Å². The molecule has 1 fully saturated rings. The molecule has 0 amide bonds. The highest BCUT2D eigenvalue weighted by atomic mass is 15.2. The first-order valence-electron chi connectivity index (χ1n) is 28.6. The lowest BCUT2D eigenvalue weighted by Crippen LogP contribution is -2.46. The molecular formula is C56H115N5. The Labute approximate surface area is 386 Å². The van der Waals surface area contributed by atoms with Gasteiger partial charge >= 0.3 is 0 Å². The van der Waals surface area contributed by atoms with Crippen molar-refractivity contribution < 1.29 is 0 Å². The molecule has 0 saturated carbocycles. The van der Waals surface area contributed by atoms with E-state index in [0.29, 0.717) is 0 Å². The zero-order valence-corrected chi connectivity index (χ0v) is 43.0. The van der Waals surface area contributed by atoms with Gasteiger partial charge in [-0.1, -0.05) is 227 Å². The molecule has 5 heteroatoms. The molecule has 5 nitrogen and oxygen atoms in total. The fourth-order valence-corrected chi connectivity index (χ4v) is 9.85. The lowest BCUT2D eigenvalue weighted by atomic mass is 9.93. The van der Waals surface area contributed by atoms with E-state index in [4.69, 9.17) is 0 Å². The van der Waals surface area contributed by atoms with Gasteiger partial charge in [-0.05, 0) is 96.6 Å². The predicted molar refractivity (Wildman–Crippen MR) is 276 cm³/mol. The largest absolute Gasteiger partial charge is 0.359 e. The highest BCUT2D eigenvalue weighted by Gasteiger charge is 2.23. The molecule has 0 aromatic rings. The van der Waals surface area contributed by atoms with Crippen LogP contribution in [0.4, 0.5) is 0 Å². The first kappa shape index (κ1) is 58.4. The van der Waals surface area contributed by atoms with Crippen LogP contribution in [0.25, 0.3) is 0 Å². The summed E-state index contributed by atoms with van der Waals surface area (Å²) in [5.74, 6) is 1.75. The van der Waals surface area contributed by atoms with Gasteiger partial charge in [-0.15, -0.1) is 0 Å². The first-order valence-corrected chi connectivity index (χ1v) is 28.6. The van der Waals surface area contributed by atoms with Gasteiger partial charge < -0.3 is 14.7 Å². The molecule has 0 unspecified atom stereocenters. The summed E-state index contributed by atoms with van der Waals surface area (Å²) >= 11 is 0. The van der Waals surface area contributed by atoms with Crippen LogP contribution >= 0.6 is 0 Å². The van der Waals surface area contributed by atoms with E-state index < -0.39 is 0 Å². The Morgan fingerprint density at radius 3 is 0.934 bits per heavy atom. The highest BCUT2D eigenvalue weighted by Crippen LogP contribution is 2.22. The summed E-state index contributed by atoms with van der Waals surface area (Å²) in [5.41, 5.74) is 0. The summed E-state index contributed by atoms with van der Waals surface area (Å²) in [6.45, 7) is 24.7. The molecule has 0 spiro atoms. The average Bonchev–Trinajstić information content (AvgIpc) is 3.27. The Bertz CT molecular complexity index is 835. The molecule has 0 radical (unpaired) electrons. The molecule has 364 valence electrons. The summed E-state index contributed by atoms with van der Waals surface area (Å²) in [7, 11) is 0. The van der Waals surface area contributed by atoms with Crippen molar-refractivity contribution in [2.75, 3.05) is 72.0 Å². The molecular weight excluding hydrogens is 743 g/mol. The molecule has 0 aliphatic carbocycles. The van der Waals surface area contributed by atoms with Crippen LogP contribution in [0.5, 0.6) is 0 Å². The standard InChI is InChI=1S/C56H115N5/c1-6-11-16-21-26-31-36-44-58(45-37-32-27-22-17-12-7-2)49-41-55-42-50-61(51-43-55)56(57)54-60(48-40-35-30-25-20-15-10-5)53-52-59(46-38-33-28-23-18-13-8-3)47-39-34-29-24-19-14-9-4/h55,57H,6-54H2,1-5H3. The Kier molecular flexibility index (Phi) is 43.9. The second-order valence-electron chi connectivity index (χ2n) is 20.2. The van der Waals surface area contributed by atoms with Crippen molar-refractivity contribution >= 4 is 5.84 Å². The number of nitrogens with zero attached hydrogens (tertiary/aromatic N) is 4. The zero-order valence-electron chi connectivity index (χ0n) is 43.0. The summed E-state index contributed by atoms with van der Waals surface area (Å²) in [5, 5.41) is 9.40. The van der Waals surface area contributed by atoms with Crippen molar-refractivity contribution in [3.63, 3.8) is 0 Å². The molecule has 0 atom stereocenters. The average molecular weight is 859 g/mol. The third-order valence-electron chi connectivity index (χ3n) is 14.3. The van der Waals surface area contributed by atoms with E-state index >= 15 is 0 Å². The molecule has 0 aromatic carbocycles. The maximum atomic E-state index is 9.40. The maximum absolute atomic E-state index is 9.40. The Balaban J connectivity index is 2.70. The van der Waals surface area contributed by atoms with E-state index in [2.05, 4.69) is 54.2 Å². The van der Waals surface area contributed by atoms with Gasteiger partial charge in [0.1, 0.15) is 5.84 Å². The van der Waals surface area contributed by atoms with E-state index in [-0.39, 0.29) is 0 Å². The molecule has 1 heterocycles. The van der Waals surface area contributed by atoms with Crippen LogP contribution in [0, 0.1) is 11.3 Å². The number of hydrogen-bond donors (Lipinski definition) is 1. The van der Waals surface area contributed by atoms with Gasteiger partial charge in [0, 0.05) is 26.2 Å². The van der Waals surface area contributed by atoms with Crippen molar-refractivity contribution in [2.45, 2.75) is 279 Å². The van der Waals surface area contributed by atoms with E-state index in [0.717, 1.165) is 37.9 Å². The van der Waals surface area contributed by atoms with Gasteiger partial charge in [0.2, 0.25) is 0 Å². The van der Waals surface area contributed by atoms with Crippen LogP contribution in [0.15, 0.2) is 0 Å². The lowest BCUT2D eigenvalue weighted by molar-refractivity contribution is 0.190. The number of unbranched alkanes of at least 4 members (excludes halogenated alkanes) is 30. The van der Waals surface area contributed by atoms with E-state index in [9.17, 15) is 5.41 Å². The molecule has 61 heavy (non-hydrogen) atoms. The third-order valence-corrected chi connectivity index (χ3v) is 14.3. The van der Waals surface area contributed by atoms with Crippen molar-refractivity contribution in [3.05, 3.63) is 0 Å². The monoisotopic (exact) mass is 858 g/mol. The quantitative estimate of drug-likeness (QED) is 0.0376. The van der Waals surface area contributed by atoms with Crippen LogP contribution in [-0.2, 0) is 0 Å². The minimum absolute atomic E-state index is 0.838. The molecule has 0 aromatic heterocycles. The summed E-state index contributed by atoms with van der Waals surface area (Å²) < 4.78 is 0. The lowest BCUT2D eigenvalue weighted by Gasteiger charge is -2.36. The SMILES string of the molecule is CCCCCCCCCN(CCCCCCCCC)CCC1CCN(C(=N)CN(CCCCCCCCC)CCN(CCCCCCCCC)CCCCCCCCC)CC1. The van der Waals surface area contributed by atoms with E-state index in [1.54, 1.807) is 0 Å². The molecule has 1 rings (SSSR count). The fourth-order valence-electron chi connectivity index (χ4n) is 9.85. The number of nitrogens with one attached hydrogen (secondary N) is 1. The van der Waals surface area contributed by atoms with E-state index in [1.165, 1.54) is 290 Å². The van der Waals surface area contributed by atoms with Gasteiger partial charge in [0.05, 0.1) is 6.54 Å². The van der Waals surface area contributed by atoms with Crippen molar-refractivity contribution in [2.24, 2.45) is 5.92 Å².